The van der Waals surface area contributed by atoms with Gasteiger partial charge in [0.1, 0.15) is 23.0 Å². The number of phenols is 2. The number of halogens is 2. The molecule has 5 aromatic rings. The van der Waals surface area contributed by atoms with E-state index >= 15 is 0 Å². The van der Waals surface area contributed by atoms with E-state index in [-0.39, 0.29) is 75.5 Å². The summed E-state index contributed by atoms with van der Waals surface area (Å²) in [5.74, 6) is -0.444. The summed E-state index contributed by atoms with van der Waals surface area (Å²) >= 11 is 12.3. The lowest BCUT2D eigenvalue weighted by Gasteiger charge is -2.65. The Morgan fingerprint density at radius 2 is 1.56 bits per heavy atom. The van der Waals surface area contributed by atoms with E-state index in [4.69, 9.17) is 37.2 Å². The Bertz CT molecular complexity index is 2810. The van der Waals surface area contributed by atoms with Crippen LogP contribution in [0.5, 0.6) is 23.0 Å². The zero-order valence-electron chi connectivity index (χ0n) is 40.8. The van der Waals surface area contributed by atoms with Gasteiger partial charge >= 0.3 is 7.12 Å². The number of nitrogens with zero attached hydrogens (tertiary/aromatic N) is 3. The summed E-state index contributed by atoms with van der Waals surface area (Å²) in [6.45, 7) is 14.7. The van der Waals surface area contributed by atoms with Crippen molar-refractivity contribution in [2.45, 2.75) is 97.7 Å². The second kappa shape index (κ2) is 20.9. The number of aromatic nitrogens is 3. The summed E-state index contributed by atoms with van der Waals surface area (Å²) in [6, 6.07) is 21.2. The summed E-state index contributed by atoms with van der Waals surface area (Å²) in [7, 11) is -0.734. The van der Waals surface area contributed by atoms with Gasteiger partial charge in [0, 0.05) is 35.4 Å². The number of nitrogens with one attached hydrogen (secondary N) is 4. The smallest absolute Gasteiger partial charge is 0.481 e. The first kappa shape index (κ1) is 51.2. The molecule has 1 saturated heterocycles. The Labute approximate surface area is 423 Å². The molecule has 0 spiro atoms. The van der Waals surface area contributed by atoms with E-state index < -0.39 is 36.4 Å². The van der Waals surface area contributed by atoms with Crippen LogP contribution in [0.3, 0.4) is 0 Å². The molecule has 5 atom stereocenters. The molecule has 4 fully saturated rings. The zero-order chi connectivity index (χ0) is 50.9. The van der Waals surface area contributed by atoms with Crippen LogP contribution in [-0.4, -0.2) is 93.0 Å². The van der Waals surface area contributed by atoms with Gasteiger partial charge in [-0.2, -0.15) is 0 Å². The van der Waals surface area contributed by atoms with Crippen molar-refractivity contribution in [3.05, 3.63) is 111 Å². The summed E-state index contributed by atoms with van der Waals surface area (Å²) in [4.78, 5) is 53.0. The normalized spacial score (nSPS) is 20.2. The number of hydrogen-bond donors (Lipinski definition) is 6. The molecule has 71 heavy (non-hydrogen) atoms. The standard InChI is InChI=1S/C52H60BCl2N7O9/c1-8-56-50(68)47-61-60-46(38-25-36(29(4)5)40(63)26-41(38)64)62(47)33-12-16-35(17-13-33)69-34-14-9-30(10-15-34)48(66)57-20-19-52-42-22-31(51(42,6)7)23-43(52)70-53(71-52)44(21-28(2)3)59-45(65)27-58-49(67)37-24-32(54)11-18-39(37)55/h9-18,24-26,28-29,31,42-44,63-64H,8,19-23,27H2,1-7H3,(H,56,68)(H,57,66)(H,58,67)(H,59,65)/t31-,42-,43-,44+,52?/m0/s1. The highest BCUT2D eigenvalue weighted by atomic mass is 35.5. The SMILES string of the molecule is CCNC(=O)c1nnc(-c2cc(C(C)C)c(O)cc2O)n1-c1ccc(Oc2ccc(C(=O)NCCC34OB([C@@H](CC(C)C)NC(=O)CNC(=O)c5cc(Cl)ccc5Cl)O[C@H]3C[C@@H]3C[C@H]4C3(C)C)cc2)cc1. The van der Waals surface area contributed by atoms with Gasteiger partial charge in [0.2, 0.25) is 11.7 Å². The number of rotatable bonds is 18. The van der Waals surface area contributed by atoms with Crippen LogP contribution in [0.4, 0.5) is 0 Å². The van der Waals surface area contributed by atoms with Crippen LogP contribution in [0.2, 0.25) is 10.0 Å². The molecule has 4 aromatic carbocycles. The van der Waals surface area contributed by atoms with Crippen molar-refractivity contribution < 1.29 is 43.4 Å². The third-order valence-electron chi connectivity index (χ3n) is 14.2. The predicted molar refractivity (Wildman–Crippen MR) is 270 cm³/mol. The highest BCUT2D eigenvalue weighted by molar-refractivity contribution is 6.48. The average molecular weight is 1010 g/mol. The Balaban J connectivity index is 0.909. The van der Waals surface area contributed by atoms with Crippen LogP contribution in [0.15, 0.2) is 78.9 Å². The molecule has 1 aliphatic heterocycles. The molecule has 3 saturated carbocycles. The van der Waals surface area contributed by atoms with E-state index in [0.717, 1.165) is 12.8 Å². The van der Waals surface area contributed by atoms with Gasteiger partial charge in [-0.05, 0) is 140 Å². The van der Waals surface area contributed by atoms with Gasteiger partial charge < -0.3 is 45.5 Å². The van der Waals surface area contributed by atoms with Crippen molar-refractivity contribution in [1.82, 2.24) is 36.0 Å². The fourth-order valence-electron chi connectivity index (χ4n) is 10.4. The molecular weight excluding hydrogens is 948 g/mol. The molecule has 4 amide bonds. The number of aromatic hydroxyl groups is 2. The lowest BCUT2D eigenvalue weighted by Crippen LogP contribution is -2.67. The van der Waals surface area contributed by atoms with Crippen LogP contribution in [0.25, 0.3) is 17.1 Å². The van der Waals surface area contributed by atoms with E-state index in [1.54, 1.807) is 67.6 Å². The largest absolute Gasteiger partial charge is 0.508 e. The average Bonchev–Trinajstić information content (AvgIpc) is 3.95. The molecule has 0 radical (unpaired) electrons. The maximum Gasteiger partial charge on any atom is 0.481 e. The maximum absolute atomic E-state index is 13.6. The lowest BCUT2D eigenvalue weighted by molar-refractivity contribution is -0.209. The first-order valence-corrected chi connectivity index (χ1v) is 24.9. The molecule has 374 valence electrons. The minimum Gasteiger partial charge on any atom is -0.508 e. The van der Waals surface area contributed by atoms with Gasteiger partial charge in [0.25, 0.3) is 17.7 Å². The number of phenolic OH excluding ortho intramolecular Hbond substituents is 2. The van der Waals surface area contributed by atoms with Gasteiger partial charge in [-0.25, -0.2) is 0 Å². The monoisotopic (exact) mass is 1010 g/mol. The number of ether oxygens (including phenoxy) is 1. The number of benzene rings is 4. The highest BCUT2D eigenvalue weighted by Gasteiger charge is 2.70. The van der Waals surface area contributed by atoms with E-state index in [1.807, 2.05) is 13.8 Å². The van der Waals surface area contributed by atoms with Crippen LogP contribution >= 0.6 is 23.2 Å². The first-order chi connectivity index (χ1) is 33.8. The quantitative estimate of drug-likeness (QED) is 0.0457. The molecule has 9 rings (SSSR count). The molecule has 6 N–H and O–H groups in total. The highest BCUT2D eigenvalue weighted by Crippen LogP contribution is 2.67. The number of carbonyl (C=O) groups is 4. The second-order valence-corrected chi connectivity index (χ2v) is 20.8. The predicted octanol–water partition coefficient (Wildman–Crippen LogP) is 8.65. The van der Waals surface area contributed by atoms with Crippen molar-refractivity contribution in [2.75, 3.05) is 19.6 Å². The first-order valence-electron chi connectivity index (χ1n) is 24.1. The van der Waals surface area contributed by atoms with E-state index in [1.165, 1.54) is 22.8 Å². The van der Waals surface area contributed by atoms with Gasteiger partial charge in [-0.1, -0.05) is 64.7 Å². The van der Waals surface area contributed by atoms with Crippen molar-refractivity contribution in [3.63, 3.8) is 0 Å². The van der Waals surface area contributed by atoms with Gasteiger partial charge in [0.05, 0.1) is 40.3 Å². The molecular formula is C52H60BCl2N7O9. The Morgan fingerprint density at radius 1 is 0.859 bits per heavy atom. The number of hydrogen-bond acceptors (Lipinski definition) is 11. The third-order valence-corrected chi connectivity index (χ3v) is 14.7. The maximum atomic E-state index is 13.6. The Morgan fingerprint density at radius 3 is 2.23 bits per heavy atom. The summed E-state index contributed by atoms with van der Waals surface area (Å²) in [5, 5.41) is 42.0. The fourth-order valence-corrected chi connectivity index (χ4v) is 10.8. The molecule has 1 unspecified atom stereocenters. The van der Waals surface area contributed by atoms with E-state index in [0.29, 0.717) is 70.7 Å². The summed E-state index contributed by atoms with van der Waals surface area (Å²) in [5.41, 5.74) is 1.34. The lowest BCUT2D eigenvalue weighted by atomic mass is 9.43. The number of carbonyl (C=O) groups excluding carboxylic acids is 4. The molecule has 3 aliphatic carbocycles. The minimum atomic E-state index is -0.734. The van der Waals surface area contributed by atoms with Crippen LogP contribution in [0, 0.1) is 23.2 Å². The molecule has 16 nitrogen and oxygen atoms in total. The zero-order valence-corrected chi connectivity index (χ0v) is 42.4. The Kier molecular flexibility index (Phi) is 15.1. The van der Waals surface area contributed by atoms with Gasteiger partial charge in [0.15, 0.2) is 5.82 Å². The van der Waals surface area contributed by atoms with Crippen molar-refractivity contribution >= 4 is 53.9 Å². The fraction of sp³-hybridized carbons (Fsp3) is 0.423. The molecule has 2 heterocycles. The molecule has 19 heteroatoms. The van der Waals surface area contributed by atoms with Gasteiger partial charge in [-0.15, -0.1) is 10.2 Å². The van der Waals surface area contributed by atoms with E-state index in [2.05, 4.69) is 59.2 Å². The topological polar surface area (TPSA) is 215 Å². The van der Waals surface area contributed by atoms with Crippen molar-refractivity contribution in [1.29, 1.82) is 0 Å². The van der Waals surface area contributed by atoms with E-state index in [9.17, 15) is 29.4 Å². The minimum absolute atomic E-state index is 0.000836. The summed E-state index contributed by atoms with van der Waals surface area (Å²) < 4.78 is 21.4. The molecule has 4 aliphatic rings. The van der Waals surface area contributed by atoms with Crippen molar-refractivity contribution in [3.8, 4) is 40.1 Å². The number of amides is 4. The van der Waals surface area contributed by atoms with Crippen LogP contribution < -0.4 is 26.0 Å². The van der Waals surface area contributed by atoms with Crippen molar-refractivity contribution in [2.24, 2.45) is 23.2 Å². The molecule has 2 bridgehead atoms. The molecule has 1 aromatic heterocycles. The summed E-state index contributed by atoms with van der Waals surface area (Å²) in [6.07, 6.45) is 2.64. The van der Waals surface area contributed by atoms with Crippen LogP contribution in [-0.2, 0) is 14.1 Å². The van der Waals surface area contributed by atoms with Gasteiger partial charge in [-0.3, -0.25) is 23.7 Å². The van der Waals surface area contributed by atoms with Crippen LogP contribution in [0.1, 0.15) is 117 Å². The second-order valence-electron chi connectivity index (χ2n) is 20.0. The third kappa shape index (κ3) is 10.6. The Hall–Kier alpha value is -6.14.